The molecule has 7 heteroatoms. The summed E-state index contributed by atoms with van der Waals surface area (Å²) < 4.78 is 2.05. The smallest absolute Gasteiger partial charge is 0.255 e. The Morgan fingerprint density at radius 2 is 1.72 bits per heavy atom. The molecular formula is C25H21N5OS. The van der Waals surface area contributed by atoms with Crippen molar-refractivity contribution in [3.63, 3.8) is 0 Å². The van der Waals surface area contributed by atoms with Crippen LogP contribution in [0, 0.1) is 11.3 Å². The second-order valence-electron chi connectivity index (χ2n) is 7.01. The summed E-state index contributed by atoms with van der Waals surface area (Å²) in [7, 11) is 0. The monoisotopic (exact) mass is 439 g/mol. The molecule has 0 radical (unpaired) electrons. The average Bonchev–Trinajstić information content (AvgIpc) is 3.26. The largest absolute Gasteiger partial charge is 0.322 e. The van der Waals surface area contributed by atoms with Crippen molar-refractivity contribution >= 4 is 23.4 Å². The first-order chi connectivity index (χ1) is 15.7. The minimum atomic E-state index is -0.147. The topological polar surface area (TPSA) is 83.6 Å². The molecule has 0 unspecified atom stereocenters. The molecule has 0 atom stereocenters. The number of carbonyl (C=O) groups is 1. The first-order valence-corrected chi connectivity index (χ1v) is 11.2. The molecule has 158 valence electrons. The van der Waals surface area contributed by atoms with Crippen LogP contribution in [0.2, 0.25) is 0 Å². The van der Waals surface area contributed by atoms with Gasteiger partial charge in [-0.05, 0) is 55.0 Å². The van der Waals surface area contributed by atoms with Crippen LogP contribution >= 0.6 is 11.8 Å². The molecule has 0 saturated carbocycles. The molecular weight excluding hydrogens is 418 g/mol. The number of nitrogens with zero attached hydrogens (tertiary/aromatic N) is 4. The fourth-order valence-corrected chi connectivity index (χ4v) is 4.29. The number of benzene rings is 3. The fourth-order valence-electron chi connectivity index (χ4n) is 3.29. The van der Waals surface area contributed by atoms with Gasteiger partial charge in [-0.15, -0.1) is 10.2 Å². The molecule has 1 N–H and O–H groups in total. The molecule has 0 aliphatic rings. The Balaban J connectivity index is 1.48. The first-order valence-electron chi connectivity index (χ1n) is 10.2. The summed E-state index contributed by atoms with van der Waals surface area (Å²) in [5.74, 6) is 1.27. The maximum atomic E-state index is 12.3. The summed E-state index contributed by atoms with van der Waals surface area (Å²) in [6.45, 7) is 2.77. The van der Waals surface area contributed by atoms with E-state index in [0.717, 1.165) is 28.7 Å². The lowest BCUT2D eigenvalue weighted by Gasteiger charge is -2.09. The van der Waals surface area contributed by atoms with Crippen LogP contribution in [-0.4, -0.2) is 20.7 Å². The summed E-state index contributed by atoms with van der Waals surface area (Å²) in [4.78, 5) is 12.3. The van der Waals surface area contributed by atoms with Gasteiger partial charge >= 0.3 is 0 Å². The highest BCUT2D eigenvalue weighted by Gasteiger charge is 2.14. The van der Waals surface area contributed by atoms with Crippen LogP contribution in [0.15, 0.2) is 84.0 Å². The van der Waals surface area contributed by atoms with Crippen molar-refractivity contribution in [1.82, 2.24) is 14.8 Å². The summed E-state index contributed by atoms with van der Waals surface area (Å²) in [5.41, 5.74) is 3.90. The molecule has 1 amide bonds. The molecule has 0 spiro atoms. The molecule has 32 heavy (non-hydrogen) atoms. The van der Waals surface area contributed by atoms with Gasteiger partial charge in [-0.1, -0.05) is 48.2 Å². The van der Waals surface area contributed by atoms with Crippen molar-refractivity contribution in [2.45, 2.75) is 24.4 Å². The quantitative estimate of drug-likeness (QED) is 0.391. The van der Waals surface area contributed by atoms with Gasteiger partial charge in [-0.25, -0.2) is 0 Å². The van der Waals surface area contributed by atoms with Crippen LogP contribution in [0.25, 0.3) is 11.4 Å². The number of nitrogens with one attached hydrogen (secondary N) is 1. The van der Waals surface area contributed by atoms with E-state index in [1.807, 2.05) is 66.7 Å². The van der Waals surface area contributed by atoms with E-state index in [-0.39, 0.29) is 5.91 Å². The van der Waals surface area contributed by atoms with E-state index >= 15 is 0 Å². The summed E-state index contributed by atoms with van der Waals surface area (Å²) in [6, 6.07) is 26.5. The SMILES string of the molecule is CCn1c(SCc2ccccc2C#N)nnc1-c1ccc(NC(=O)c2ccccc2)cc1. The van der Waals surface area contributed by atoms with Crippen LogP contribution in [-0.2, 0) is 12.3 Å². The predicted octanol–water partition coefficient (Wildman–Crippen LogP) is 5.38. The Morgan fingerprint density at radius 3 is 2.44 bits per heavy atom. The van der Waals surface area contributed by atoms with E-state index in [1.54, 1.807) is 23.9 Å². The molecule has 6 nitrogen and oxygen atoms in total. The number of rotatable bonds is 7. The molecule has 0 aliphatic carbocycles. The second-order valence-corrected chi connectivity index (χ2v) is 7.95. The number of anilines is 1. The highest BCUT2D eigenvalue weighted by Crippen LogP contribution is 2.28. The number of nitriles is 1. The molecule has 3 aromatic carbocycles. The Labute approximate surface area is 190 Å². The van der Waals surface area contributed by atoms with Crippen LogP contribution < -0.4 is 5.32 Å². The van der Waals surface area contributed by atoms with Gasteiger partial charge in [-0.3, -0.25) is 4.79 Å². The molecule has 0 bridgehead atoms. The number of carbonyl (C=O) groups excluding carboxylic acids is 1. The number of aromatic nitrogens is 3. The lowest BCUT2D eigenvalue weighted by molar-refractivity contribution is 0.102. The van der Waals surface area contributed by atoms with E-state index in [1.165, 1.54) is 0 Å². The highest BCUT2D eigenvalue weighted by molar-refractivity contribution is 7.98. The van der Waals surface area contributed by atoms with Crippen molar-refractivity contribution < 1.29 is 4.79 Å². The van der Waals surface area contributed by atoms with Crippen LogP contribution in [0.1, 0.15) is 28.4 Å². The zero-order valence-electron chi connectivity index (χ0n) is 17.5. The van der Waals surface area contributed by atoms with Crippen molar-refractivity contribution in [1.29, 1.82) is 5.26 Å². The minimum absolute atomic E-state index is 0.147. The first kappa shape index (κ1) is 21.3. The average molecular weight is 440 g/mol. The number of amides is 1. The van der Waals surface area contributed by atoms with E-state index in [9.17, 15) is 10.1 Å². The van der Waals surface area contributed by atoms with Gasteiger partial charge < -0.3 is 9.88 Å². The van der Waals surface area contributed by atoms with E-state index in [0.29, 0.717) is 22.6 Å². The predicted molar refractivity (Wildman–Crippen MR) is 126 cm³/mol. The Bertz CT molecular complexity index is 1260. The van der Waals surface area contributed by atoms with Gasteiger partial charge in [-0.2, -0.15) is 5.26 Å². The molecule has 4 aromatic rings. The lowest BCUT2D eigenvalue weighted by Crippen LogP contribution is -2.11. The standard InChI is InChI=1S/C25H21N5OS/c1-2-30-23(28-29-25(30)32-17-21-11-7-6-10-20(21)16-26)18-12-14-22(15-13-18)27-24(31)19-8-4-3-5-9-19/h3-15H,2,17H2,1H3,(H,27,31). The number of hydrogen-bond acceptors (Lipinski definition) is 5. The van der Waals surface area contributed by atoms with Gasteiger partial charge in [0.05, 0.1) is 11.6 Å². The molecule has 0 fully saturated rings. The molecule has 1 aromatic heterocycles. The summed E-state index contributed by atoms with van der Waals surface area (Å²) >= 11 is 1.56. The van der Waals surface area contributed by atoms with E-state index in [2.05, 4.69) is 33.1 Å². The minimum Gasteiger partial charge on any atom is -0.322 e. The zero-order valence-corrected chi connectivity index (χ0v) is 18.3. The number of hydrogen-bond donors (Lipinski definition) is 1. The lowest BCUT2D eigenvalue weighted by atomic mass is 10.1. The van der Waals surface area contributed by atoms with Gasteiger partial charge in [0.2, 0.25) is 0 Å². The van der Waals surface area contributed by atoms with Crippen LogP contribution in [0.3, 0.4) is 0 Å². The maximum absolute atomic E-state index is 12.3. The van der Waals surface area contributed by atoms with Crippen molar-refractivity contribution in [3.8, 4) is 17.5 Å². The van der Waals surface area contributed by atoms with Gasteiger partial charge in [0.1, 0.15) is 0 Å². The third-order valence-corrected chi connectivity index (χ3v) is 5.98. The molecule has 0 saturated heterocycles. The number of thioether (sulfide) groups is 1. The maximum Gasteiger partial charge on any atom is 0.255 e. The summed E-state index contributed by atoms with van der Waals surface area (Å²) in [5, 5.41) is 21.8. The fraction of sp³-hybridized carbons (Fsp3) is 0.120. The second kappa shape index (κ2) is 9.94. The van der Waals surface area contributed by atoms with E-state index < -0.39 is 0 Å². The Morgan fingerprint density at radius 1 is 1.00 bits per heavy atom. The molecule has 0 aliphatic heterocycles. The van der Waals surface area contributed by atoms with Crippen molar-refractivity contribution in [2.24, 2.45) is 0 Å². The third kappa shape index (κ3) is 4.71. The molecule has 1 heterocycles. The van der Waals surface area contributed by atoms with Gasteiger partial charge in [0.25, 0.3) is 5.91 Å². The van der Waals surface area contributed by atoms with Crippen molar-refractivity contribution in [3.05, 3.63) is 95.6 Å². The highest BCUT2D eigenvalue weighted by atomic mass is 32.2. The van der Waals surface area contributed by atoms with Gasteiger partial charge in [0, 0.05) is 29.1 Å². The third-order valence-electron chi connectivity index (χ3n) is 4.96. The Hall–Kier alpha value is -3.89. The van der Waals surface area contributed by atoms with E-state index in [4.69, 9.17) is 0 Å². The van der Waals surface area contributed by atoms with Crippen molar-refractivity contribution in [2.75, 3.05) is 5.32 Å². The Kier molecular flexibility index (Phi) is 6.63. The van der Waals surface area contributed by atoms with Crippen LogP contribution in [0.4, 0.5) is 5.69 Å². The van der Waals surface area contributed by atoms with Gasteiger partial charge in [0.15, 0.2) is 11.0 Å². The summed E-state index contributed by atoms with van der Waals surface area (Å²) in [6.07, 6.45) is 0. The van der Waals surface area contributed by atoms with Crippen LogP contribution in [0.5, 0.6) is 0 Å². The zero-order chi connectivity index (χ0) is 22.3. The normalized spacial score (nSPS) is 10.5. The molecule has 4 rings (SSSR count).